The number of rotatable bonds is 1. The Morgan fingerprint density at radius 2 is 1.27 bits per heavy atom. The van der Waals surface area contributed by atoms with E-state index in [1.165, 1.54) is 0 Å². The molecule has 0 saturated heterocycles. The highest BCUT2D eigenvalue weighted by atomic mass is 14.7. The molecule has 0 unspecified atom stereocenters. The summed E-state index contributed by atoms with van der Waals surface area (Å²) in [6.07, 6.45) is 0. The van der Waals surface area contributed by atoms with Gasteiger partial charge in [0, 0.05) is 11.3 Å². The Bertz CT molecular complexity index is 478. The summed E-state index contributed by atoms with van der Waals surface area (Å²) in [5, 5.41) is 0. The van der Waals surface area contributed by atoms with E-state index in [9.17, 15) is 0 Å². The predicted octanol–water partition coefficient (Wildman–Crippen LogP) is 2.10. The average molecular weight is 199 g/mol. The molecule has 0 aliphatic rings. The van der Waals surface area contributed by atoms with Gasteiger partial charge >= 0.3 is 0 Å². The van der Waals surface area contributed by atoms with Crippen LogP contribution in [0, 0.1) is 0 Å². The molecular formula is C12H13N3. The third-order valence-corrected chi connectivity index (χ3v) is 2.34. The number of hydrogen-bond acceptors (Lipinski definition) is 3. The van der Waals surface area contributed by atoms with Crippen LogP contribution in [0.15, 0.2) is 42.5 Å². The van der Waals surface area contributed by atoms with Gasteiger partial charge in [0.05, 0.1) is 11.4 Å². The third-order valence-electron chi connectivity index (χ3n) is 2.34. The maximum atomic E-state index is 5.89. The summed E-state index contributed by atoms with van der Waals surface area (Å²) in [4.78, 5) is 0. The number of nitrogen functional groups attached to an aromatic ring is 3. The van der Waals surface area contributed by atoms with Gasteiger partial charge in [-0.15, -0.1) is 0 Å². The fourth-order valence-corrected chi connectivity index (χ4v) is 1.52. The molecule has 3 nitrogen and oxygen atoms in total. The van der Waals surface area contributed by atoms with Gasteiger partial charge in [-0.05, 0) is 17.7 Å². The van der Waals surface area contributed by atoms with Gasteiger partial charge < -0.3 is 17.2 Å². The highest BCUT2D eigenvalue weighted by Gasteiger charge is 2.05. The Labute approximate surface area is 88.5 Å². The minimum absolute atomic E-state index is 0.521. The average Bonchev–Trinajstić information content (AvgIpc) is 2.25. The van der Waals surface area contributed by atoms with Gasteiger partial charge in [0.2, 0.25) is 0 Å². The van der Waals surface area contributed by atoms with Crippen molar-refractivity contribution in [1.29, 1.82) is 0 Å². The van der Waals surface area contributed by atoms with E-state index in [1.807, 2.05) is 30.3 Å². The Morgan fingerprint density at radius 3 is 1.93 bits per heavy atom. The monoisotopic (exact) mass is 199 g/mol. The van der Waals surface area contributed by atoms with Gasteiger partial charge in [-0.2, -0.15) is 0 Å². The van der Waals surface area contributed by atoms with E-state index >= 15 is 0 Å². The molecule has 0 heterocycles. The summed E-state index contributed by atoms with van der Waals surface area (Å²) in [5.74, 6) is 0. The van der Waals surface area contributed by atoms with Crippen molar-refractivity contribution < 1.29 is 0 Å². The molecule has 2 rings (SSSR count). The van der Waals surface area contributed by atoms with Crippen molar-refractivity contribution in [1.82, 2.24) is 0 Å². The number of anilines is 3. The van der Waals surface area contributed by atoms with Gasteiger partial charge in [-0.3, -0.25) is 0 Å². The van der Waals surface area contributed by atoms with E-state index < -0.39 is 0 Å². The molecule has 0 fully saturated rings. The SMILES string of the molecule is Nc1cc(N)c(-c2ccccc2)cc1N. The lowest BCUT2D eigenvalue weighted by molar-refractivity contribution is 1.60. The van der Waals surface area contributed by atoms with Gasteiger partial charge in [-0.25, -0.2) is 0 Å². The molecule has 0 atom stereocenters. The van der Waals surface area contributed by atoms with Gasteiger partial charge in [0.25, 0.3) is 0 Å². The van der Waals surface area contributed by atoms with Crippen molar-refractivity contribution >= 4 is 17.1 Å². The first-order chi connectivity index (χ1) is 7.18. The lowest BCUT2D eigenvalue weighted by atomic mass is 10.0. The second-order valence-electron chi connectivity index (χ2n) is 3.43. The first-order valence-corrected chi connectivity index (χ1v) is 4.68. The second-order valence-corrected chi connectivity index (χ2v) is 3.43. The molecule has 0 saturated carbocycles. The van der Waals surface area contributed by atoms with Crippen LogP contribution < -0.4 is 17.2 Å². The van der Waals surface area contributed by atoms with Gasteiger partial charge in [0.15, 0.2) is 0 Å². The van der Waals surface area contributed by atoms with Gasteiger partial charge in [0.1, 0.15) is 0 Å². The fourth-order valence-electron chi connectivity index (χ4n) is 1.52. The van der Waals surface area contributed by atoms with E-state index in [-0.39, 0.29) is 0 Å². The van der Waals surface area contributed by atoms with Gasteiger partial charge in [-0.1, -0.05) is 30.3 Å². The van der Waals surface area contributed by atoms with E-state index in [0.717, 1.165) is 11.1 Å². The molecule has 0 spiro atoms. The molecule has 2 aromatic rings. The Balaban J connectivity index is 2.59. The highest BCUT2D eigenvalue weighted by molar-refractivity contribution is 5.84. The smallest absolute Gasteiger partial charge is 0.0568 e. The lowest BCUT2D eigenvalue weighted by Gasteiger charge is -2.09. The van der Waals surface area contributed by atoms with Crippen molar-refractivity contribution in [3.05, 3.63) is 42.5 Å². The zero-order chi connectivity index (χ0) is 10.8. The molecule has 0 aromatic heterocycles. The quantitative estimate of drug-likeness (QED) is 0.615. The van der Waals surface area contributed by atoms with Crippen LogP contribution in [0.3, 0.4) is 0 Å². The second kappa shape index (κ2) is 3.53. The highest BCUT2D eigenvalue weighted by Crippen LogP contribution is 2.31. The van der Waals surface area contributed by atoms with Crippen LogP contribution in [0.4, 0.5) is 17.1 Å². The molecule has 6 N–H and O–H groups in total. The number of hydrogen-bond donors (Lipinski definition) is 3. The fraction of sp³-hybridized carbons (Fsp3) is 0. The first kappa shape index (κ1) is 9.40. The van der Waals surface area contributed by atoms with E-state index in [0.29, 0.717) is 17.1 Å². The van der Waals surface area contributed by atoms with Crippen LogP contribution in [0.5, 0.6) is 0 Å². The molecule has 0 bridgehead atoms. The topological polar surface area (TPSA) is 78.1 Å². The molecule has 2 aromatic carbocycles. The molecule has 0 aliphatic heterocycles. The van der Waals surface area contributed by atoms with Crippen LogP contribution in [-0.2, 0) is 0 Å². The maximum absolute atomic E-state index is 5.89. The van der Waals surface area contributed by atoms with Crippen LogP contribution >= 0.6 is 0 Å². The standard InChI is InChI=1S/C12H13N3/c13-10-7-12(15)11(14)6-9(10)8-4-2-1-3-5-8/h1-7H,13-15H2. The van der Waals surface area contributed by atoms with Crippen LogP contribution in [0.25, 0.3) is 11.1 Å². The van der Waals surface area contributed by atoms with E-state index in [4.69, 9.17) is 17.2 Å². The van der Waals surface area contributed by atoms with Crippen LogP contribution in [0.2, 0.25) is 0 Å². The van der Waals surface area contributed by atoms with Crippen molar-refractivity contribution in [2.45, 2.75) is 0 Å². The molecule has 3 heteroatoms. The molecule has 0 aliphatic carbocycles. The van der Waals surface area contributed by atoms with Crippen molar-refractivity contribution in [3.8, 4) is 11.1 Å². The van der Waals surface area contributed by atoms with Crippen LogP contribution in [0.1, 0.15) is 0 Å². The summed E-state index contributed by atoms with van der Waals surface area (Å²) >= 11 is 0. The molecule has 0 amide bonds. The number of nitrogens with two attached hydrogens (primary N) is 3. The largest absolute Gasteiger partial charge is 0.398 e. The van der Waals surface area contributed by atoms with E-state index in [2.05, 4.69) is 0 Å². The normalized spacial score (nSPS) is 10.1. The Kier molecular flexibility index (Phi) is 2.21. The number of benzene rings is 2. The maximum Gasteiger partial charge on any atom is 0.0568 e. The Morgan fingerprint density at radius 1 is 0.667 bits per heavy atom. The third kappa shape index (κ3) is 1.72. The summed E-state index contributed by atoms with van der Waals surface area (Å²) < 4.78 is 0. The van der Waals surface area contributed by atoms with E-state index in [1.54, 1.807) is 12.1 Å². The zero-order valence-corrected chi connectivity index (χ0v) is 8.27. The Hall–Kier alpha value is -2.16. The first-order valence-electron chi connectivity index (χ1n) is 4.68. The van der Waals surface area contributed by atoms with Crippen molar-refractivity contribution in [2.75, 3.05) is 17.2 Å². The predicted molar refractivity (Wildman–Crippen MR) is 65.1 cm³/mol. The molecule has 76 valence electrons. The molecule has 0 radical (unpaired) electrons. The summed E-state index contributed by atoms with van der Waals surface area (Å²) in [7, 11) is 0. The summed E-state index contributed by atoms with van der Waals surface area (Å²) in [6.45, 7) is 0. The van der Waals surface area contributed by atoms with Crippen molar-refractivity contribution in [2.24, 2.45) is 0 Å². The zero-order valence-electron chi connectivity index (χ0n) is 8.27. The minimum Gasteiger partial charge on any atom is -0.398 e. The summed E-state index contributed by atoms with van der Waals surface area (Å²) in [5.41, 5.74) is 21.0. The van der Waals surface area contributed by atoms with Crippen LogP contribution in [-0.4, -0.2) is 0 Å². The minimum atomic E-state index is 0.521. The summed E-state index contributed by atoms with van der Waals surface area (Å²) in [6, 6.07) is 13.4. The molecule has 15 heavy (non-hydrogen) atoms. The molecular weight excluding hydrogens is 186 g/mol. The van der Waals surface area contributed by atoms with Crippen molar-refractivity contribution in [3.63, 3.8) is 0 Å². The lowest BCUT2D eigenvalue weighted by Crippen LogP contribution is -1.98.